The average molecular weight is 181 g/mol. The zero-order valence-electron chi connectivity index (χ0n) is 7.46. The minimum absolute atomic E-state index is 0.225. The van der Waals surface area contributed by atoms with Crippen LogP contribution in [0.2, 0.25) is 0 Å². The van der Waals surface area contributed by atoms with E-state index in [0.29, 0.717) is 11.8 Å². The molecule has 0 amide bonds. The third-order valence-electron chi connectivity index (χ3n) is 1.80. The standard InChI is InChI=1S/C10H12FNO/c1-10(12,7-13)6-8-4-2-3-5-9(8)11/h2-5,7H,6,12H2,1H3/t10-/m0/s1. The Morgan fingerprint density at radius 1 is 1.54 bits per heavy atom. The Kier molecular flexibility index (Phi) is 2.78. The van der Waals surface area contributed by atoms with E-state index in [4.69, 9.17) is 5.73 Å². The molecular weight excluding hydrogens is 169 g/mol. The van der Waals surface area contributed by atoms with Crippen molar-refractivity contribution >= 4 is 6.29 Å². The molecule has 0 spiro atoms. The summed E-state index contributed by atoms with van der Waals surface area (Å²) in [6.07, 6.45) is 0.864. The van der Waals surface area contributed by atoms with Crippen LogP contribution in [0.5, 0.6) is 0 Å². The first-order chi connectivity index (χ1) is 6.05. The fourth-order valence-corrected chi connectivity index (χ4v) is 1.09. The van der Waals surface area contributed by atoms with Gasteiger partial charge in [0.2, 0.25) is 0 Å². The van der Waals surface area contributed by atoms with Gasteiger partial charge in [-0.05, 0) is 25.0 Å². The molecule has 0 aromatic heterocycles. The van der Waals surface area contributed by atoms with Crippen molar-refractivity contribution in [3.05, 3.63) is 35.6 Å². The first kappa shape index (κ1) is 9.86. The molecule has 0 aliphatic rings. The van der Waals surface area contributed by atoms with Crippen molar-refractivity contribution in [2.75, 3.05) is 0 Å². The van der Waals surface area contributed by atoms with Crippen molar-refractivity contribution in [2.24, 2.45) is 5.73 Å². The minimum Gasteiger partial charge on any atom is -0.319 e. The number of hydrogen-bond donors (Lipinski definition) is 1. The summed E-state index contributed by atoms with van der Waals surface area (Å²) in [7, 11) is 0. The Hall–Kier alpha value is -1.22. The molecule has 0 heterocycles. The maximum Gasteiger partial charge on any atom is 0.139 e. The average Bonchev–Trinajstić information content (AvgIpc) is 2.09. The zero-order valence-corrected chi connectivity index (χ0v) is 7.46. The van der Waals surface area contributed by atoms with Crippen LogP contribution in [0.25, 0.3) is 0 Å². The molecule has 0 unspecified atom stereocenters. The van der Waals surface area contributed by atoms with Crippen LogP contribution in [0.4, 0.5) is 4.39 Å². The van der Waals surface area contributed by atoms with Crippen LogP contribution in [0.1, 0.15) is 12.5 Å². The third kappa shape index (κ3) is 2.63. The number of benzene rings is 1. The van der Waals surface area contributed by atoms with E-state index in [1.807, 2.05) is 0 Å². The summed E-state index contributed by atoms with van der Waals surface area (Å²) in [5, 5.41) is 0. The highest BCUT2D eigenvalue weighted by atomic mass is 19.1. The van der Waals surface area contributed by atoms with E-state index < -0.39 is 5.54 Å². The van der Waals surface area contributed by atoms with Gasteiger partial charge in [-0.3, -0.25) is 0 Å². The highest BCUT2D eigenvalue weighted by molar-refractivity contribution is 5.63. The molecule has 13 heavy (non-hydrogen) atoms. The molecule has 1 aromatic rings. The third-order valence-corrected chi connectivity index (χ3v) is 1.80. The van der Waals surface area contributed by atoms with Crippen molar-refractivity contribution in [1.29, 1.82) is 0 Å². The first-order valence-corrected chi connectivity index (χ1v) is 4.04. The maximum atomic E-state index is 13.1. The molecule has 3 heteroatoms. The zero-order chi connectivity index (χ0) is 9.90. The van der Waals surface area contributed by atoms with Crippen LogP contribution in [0, 0.1) is 5.82 Å². The van der Waals surface area contributed by atoms with Crippen molar-refractivity contribution in [2.45, 2.75) is 18.9 Å². The number of aldehydes is 1. The SMILES string of the molecule is C[C@@](N)(C=O)Cc1ccccc1F. The maximum absolute atomic E-state index is 13.1. The van der Waals surface area contributed by atoms with Gasteiger partial charge in [0.05, 0.1) is 5.54 Å². The van der Waals surface area contributed by atoms with Gasteiger partial charge in [-0.1, -0.05) is 18.2 Å². The molecular formula is C10H12FNO. The minimum atomic E-state index is -0.984. The fourth-order valence-electron chi connectivity index (χ4n) is 1.09. The van der Waals surface area contributed by atoms with Crippen LogP contribution >= 0.6 is 0 Å². The van der Waals surface area contributed by atoms with E-state index in [2.05, 4.69) is 0 Å². The summed E-state index contributed by atoms with van der Waals surface area (Å²) in [5.74, 6) is -0.318. The molecule has 0 aliphatic heterocycles. The van der Waals surface area contributed by atoms with Crippen molar-refractivity contribution < 1.29 is 9.18 Å². The van der Waals surface area contributed by atoms with Gasteiger partial charge >= 0.3 is 0 Å². The molecule has 0 radical (unpaired) electrons. The molecule has 0 saturated carbocycles. The molecule has 0 saturated heterocycles. The molecule has 1 aromatic carbocycles. The topological polar surface area (TPSA) is 43.1 Å². The highest BCUT2D eigenvalue weighted by Crippen LogP contribution is 2.12. The Bertz CT molecular complexity index is 310. The number of carbonyl (C=O) groups excluding carboxylic acids is 1. The van der Waals surface area contributed by atoms with Gasteiger partial charge in [0.25, 0.3) is 0 Å². The quantitative estimate of drug-likeness (QED) is 0.714. The Labute approximate surface area is 76.6 Å². The molecule has 0 aliphatic carbocycles. The van der Waals surface area contributed by atoms with Gasteiger partial charge in [-0.25, -0.2) is 4.39 Å². The molecule has 1 atom stereocenters. The molecule has 0 bridgehead atoms. The highest BCUT2D eigenvalue weighted by Gasteiger charge is 2.19. The van der Waals surface area contributed by atoms with Crippen LogP contribution < -0.4 is 5.73 Å². The summed E-state index contributed by atoms with van der Waals surface area (Å²) in [6.45, 7) is 1.58. The number of hydrogen-bond acceptors (Lipinski definition) is 2. The molecule has 1 rings (SSSR count). The lowest BCUT2D eigenvalue weighted by Crippen LogP contribution is -2.40. The summed E-state index contributed by atoms with van der Waals surface area (Å²) in [6, 6.07) is 6.31. The van der Waals surface area contributed by atoms with Crippen LogP contribution in [0.3, 0.4) is 0 Å². The van der Waals surface area contributed by atoms with Gasteiger partial charge < -0.3 is 10.5 Å². The van der Waals surface area contributed by atoms with Crippen molar-refractivity contribution in [3.8, 4) is 0 Å². The largest absolute Gasteiger partial charge is 0.319 e. The number of nitrogens with two attached hydrogens (primary N) is 1. The lowest BCUT2D eigenvalue weighted by atomic mass is 9.95. The lowest BCUT2D eigenvalue weighted by Gasteiger charge is -2.16. The van der Waals surface area contributed by atoms with Crippen LogP contribution in [-0.2, 0) is 11.2 Å². The predicted octanol–water partition coefficient (Wildman–Crippen LogP) is 1.28. The molecule has 2 nitrogen and oxygen atoms in total. The second-order valence-corrected chi connectivity index (χ2v) is 3.39. The first-order valence-electron chi connectivity index (χ1n) is 4.04. The second kappa shape index (κ2) is 3.66. The Morgan fingerprint density at radius 3 is 2.69 bits per heavy atom. The second-order valence-electron chi connectivity index (χ2n) is 3.39. The van der Waals surface area contributed by atoms with Crippen molar-refractivity contribution in [3.63, 3.8) is 0 Å². The fraction of sp³-hybridized carbons (Fsp3) is 0.300. The molecule has 2 N–H and O–H groups in total. The van der Waals surface area contributed by atoms with Crippen LogP contribution in [-0.4, -0.2) is 11.8 Å². The Balaban J connectivity index is 2.86. The molecule has 70 valence electrons. The van der Waals surface area contributed by atoms with E-state index in [0.717, 1.165) is 0 Å². The van der Waals surface area contributed by atoms with Gasteiger partial charge in [-0.2, -0.15) is 0 Å². The monoisotopic (exact) mass is 181 g/mol. The van der Waals surface area contributed by atoms with Crippen LogP contribution in [0.15, 0.2) is 24.3 Å². The predicted molar refractivity (Wildman–Crippen MR) is 48.8 cm³/mol. The summed E-state index contributed by atoms with van der Waals surface area (Å²) in [5.41, 5.74) is 5.07. The van der Waals surface area contributed by atoms with Gasteiger partial charge in [-0.15, -0.1) is 0 Å². The van der Waals surface area contributed by atoms with E-state index in [-0.39, 0.29) is 12.2 Å². The van der Waals surface area contributed by atoms with Gasteiger partial charge in [0.15, 0.2) is 0 Å². The van der Waals surface area contributed by atoms with Gasteiger partial charge in [0, 0.05) is 0 Å². The van der Waals surface area contributed by atoms with E-state index in [9.17, 15) is 9.18 Å². The normalized spacial score (nSPS) is 15.0. The number of carbonyl (C=O) groups is 1. The number of halogens is 1. The molecule has 0 fully saturated rings. The van der Waals surface area contributed by atoms with E-state index in [1.165, 1.54) is 6.07 Å². The van der Waals surface area contributed by atoms with Crippen molar-refractivity contribution in [1.82, 2.24) is 0 Å². The smallest absolute Gasteiger partial charge is 0.139 e. The Morgan fingerprint density at radius 2 is 2.15 bits per heavy atom. The summed E-state index contributed by atoms with van der Waals surface area (Å²) in [4.78, 5) is 10.5. The lowest BCUT2D eigenvalue weighted by molar-refractivity contribution is -0.111. The van der Waals surface area contributed by atoms with E-state index in [1.54, 1.807) is 25.1 Å². The van der Waals surface area contributed by atoms with E-state index >= 15 is 0 Å². The number of rotatable bonds is 3. The summed E-state index contributed by atoms with van der Waals surface area (Å²) < 4.78 is 13.1. The summed E-state index contributed by atoms with van der Waals surface area (Å²) >= 11 is 0. The van der Waals surface area contributed by atoms with Gasteiger partial charge in [0.1, 0.15) is 12.1 Å².